The molecule has 0 radical (unpaired) electrons. The van der Waals surface area contributed by atoms with Gasteiger partial charge < -0.3 is 15.2 Å². The van der Waals surface area contributed by atoms with Crippen LogP contribution in [0.15, 0.2) is 18.2 Å². The summed E-state index contributed by atoms with van der Waals surface area (Å²) in [4.78, 5) is 0. The van der Waals surface area contributed by atoms with Crippen molar-refractivity contribution in [2.45, 2.75) is 26.3 Å². The molecule has 0 bridgehead atoms. The van der Waals surface area contributed by atoms with Crippen LogP contribution in [0.3, 0.4) is 0 Å². The number of hydrogen-bond acceptors (Lipinski definition) is 3. The molecule has 98 valence electrons. The van der Waals surface area contributed by atoms with E-state index in [0.29, 0.717) is 5.92 Å². The Morgan fingerprint density at radius 2 is 1.82 bits per heavy atom. The molecule has 0 amide bonds. The molecule has 0 heterocycles. The maximum Gasteiger partial charge on any atom is 0.127 e. The Balaban J connectivity index is 0.00000256. The van der Waals surface area contributed by atoms with Crippen LogP contribution in [0, 0.1) is 5.92 Å². The van der Waals surface area contributed by atoms with Crippen LogP contribution >= 0.6 is 12.4 Å². The van der Waals surface area contributed by atoms with Crippen LogP contribution < -0.4 is 15.2 Å². The quantitative estimate of drug-likeness (QED) is 0.883. The van der Waals surface area contributed by atoms with Gasteiger partial charge in [-0.15, -0.1) is 12.4 Å². The van der Waals surface area contributed by atoms with E-state index in [1.54, 1.807) is 14.2 Å². The van der Waals surface area contributed by atoms with Crippen LogP contribution in [0.1, 0.15) is 31.9 Å². The number of nitrogens with two attached hydrogens (primary N) is 1. The number of hydrogen-bond donors (Lipinski definition) is 1. The van der Waals surface area contributed by atoms with Crippen molar-refractivity contribution in [1.82, 2.24) is 0 Å². The first-order chi connectivity index (χ1) is 7.58. The SMILES string of the molecule is COc1ccc([C@H](N)CC(C)C)c(OC)c1.Cl. The van der Waals surface area contributed by atoms with E-state index in [1.807, 2.05) is 18.2 Å². The van der Waals surface area contributed by atoms with Crippen LogP contribution in [-0.4, -0.2) is 14.2 Å². The van der Waals surface area contributed by atoms with E-state index in [0.717, 1.165) is 23.5 Å². The first kappa shape index (κ1) is 16.1. The maximum atomic E-state index is 6.14. The Hall–Kier alpha value is -0.930. The minimum absolute atomic E-state index is 0. The summed E-state index contributed by atoms with van der Waals surface area (Å²) in [5.41, 5.74) is 7.18. The summed E-state index contributed by atoms with van der Waals surface area (Å²) in [6, 6.07) is 5.78. The minimum atomic E-state index is 0. The predicted molar refractivity (Wildman–Crippen MR) is 73.2 cm³/mol. The highest BCUT2D eigenvalue weighted by molar-refractivity contribution is 5.85. The number of methoxy groups -OCH3 is 2. The third-order valence-electron chi connectivity index (χ3n) is 2.57. The van der Waals surface area contributed by atoms with Gasteiger partial charge in [0.15, 0.2) is 0 Å². The summed E-state index contributed by atoms with van der Waals surface area (Å²) in [7, 11) is 3.29. The highest BCUT2D eigenvalue weighted by Gasteiger charge is 2.14. The number of halogens is 1. The highest BCUT2D eigenvalue weighted by atomic mass is 35.5. The van der Waals surface area contributed by atoms with Crippen molar-refractivity contribution in [3.8, 4) is 11.5 Å². The van der Waals surface area contributed by atoms with E-state index < -0.39 is 0 Å². The molecule has 2 N–H and O–H groups in total. The van der Waals surface area contributed by atoms with Gasteiger partial charge in [0.1, 0.15) is 11.5 Å². The van der Waals surface area contributed by atoms with Gasteiger partial charge in [-0.2, -0.15) is 0 Å². The molecule has 0 aromatic heterocycles. The molecule has 4 heteroatoms. The fraction of sp³-hybridized carbons (Fsp3) is 0.538. The Morgan fingerprint density at radius 3 is 2.29 bits per heavy atom. The largest absolute Gasteiger partial charge is 0.497 e. The lowest BCUT2D eigenvalue weighted by molar-refractivity contribution is 0.384. The number of benzene rings is 1. The summed E-state index contributed by atoms with van der Waals surface area (Å²) >= 11 is 0. The highest BCUT2D eigenvalue weighted by Crippen LogP contribution is 2.31. The average molecular weight is 260 g/mol. The lowest BCUT2D eigenvalue weighted by Gasteiger charge is -2.18. The van der Waals surface area contributed by atoms with Crippen molar-refractivity contribution in [2.75, 3.05) is 14.2 Å². The van der Waals surface area contributed by atoms with Gasteiger partial charge in [0.25, 0.3) is 0 Å². The van der Waals surface area contributed by atoms with Crippen molar-refractivity contribution in [3.05, 3.63) is 23.8 Å². The van der Waals surface area contributed by atoms with E-state index in [4.69, 9.17) is 15.2 Å². The molecule has 1 aromatic carbocycles. The molecule has 0 aliphatic rings. The van der Waals surface area contributed by atoms with Crippen molar-refractivity contribution in [3.63, 3.8) is 0 Å². The lowest BCUT2D eigenvalue weighted by Crippen LogP contribution is -2.14. The number of rotatable bonds is 5. The monoisotopic (exact) mass is 259 g/mol. The van der Waals surface area contributed by atoms with Gasteiger partial charge in [0.05, 0.1) is 14.2 Å². The second kappa shape index (κ2) is 7.41. The Labute approximate surface area is 110 Å². The van der Waals surface area contributed by atoms with Crippen LogP contribution in [0.2, 0.25) is 0 Å². The second-order valence-electron chi connectivity index (χ2n) is 4.34. The predicted octanol–water partition coefficient (Wildman–Crippen LogP) is 3.17. The zero-order valence-electron chi connectivity index (χ0n) is 10.9. The molecule has 17 heavy (non-hydrogen) atoms. The molecule has 1 atom stereocenters. The van der Waals surface area contributed by atoms with Gasteiger partial charge in [-0.05, 0) is 18.4 Å². The summed E-state index contributed by atoms with van der Waals surface area (Å²) in [6.45, 7) is 4.33. The van der Waals surface area contributed by atoms with Crippen molar-refractivity contribution in [2.24, 2.45) is 11.7 Å². The van der Waals surface area contributed by atoms with Crippen LogP contribution in [0.4, 0.5) is 0 Å². The molecule has 0 aliphatic heterocycles. The molecular weight excluding hydrogens is 238 g/mol. The van der Waals surface area contributed by atoms with E-state index in [2.05, 4.69) is 13.8 Å². The molecule has 3 nitrogen and oxygen atoms in total. The molecule has 0 aliphatic carbocycles. The van der Waals surface area contributed by atoms with Crippen LogP contribution in [0.25, 0.3) is 0 Å². The topological polar surface area (TPSA) is 44.5 Å². The third kappa shape index (κ3) is 4.44. The summed E-state index contributed by atoms with van der Waals surface area (Å²) in [6.07, 6.45) is 0.947. The first-order valence-corrected chi connectivity index (χ1v) is 5.56. The average Bonchev–Trinajstić information content (AvgIpc) is 2.27. The van der Waals surface area contributed by atoms with Gasteiger partial charge in [0.2, 0.25) is 0 Å². The molecule has 1 aromatic rings. The molecule has 0 saturated heterocycles. The number of ether oxygens (including phenoxy) is 2. The zero-order chi connectivity index (χ0) is 12.1. The van der Waals surface area contributed by atoms with E-state index in [1.165, 1.54) is 0 Å². The molecular formula is C13H22ClNO2. The second-order valence-corrected chi connectivity index (χ2v) is 4.34. The normalized spacial score (nSPS) is 11.9. The lowest BCUT2D eigenvalue weighted by atomic mass is 9.97. The summed E-state index contributed by atoms with van der Waals surface area (Å²) in [5, 5.41) is 0. The molecule has 0 spiro atoms. The standard InChI is InChI=1S/C13H21NO2.ClH/c1-9(2)7-12(14)11-6-5-10(15-3)8-13(11)16-4;/h5-6,8-9,12H,7,14H2,1-4H3;1H/t12-;/m1./s1. The van der Waals surface area contributed by atoms with Gasteiger partial charge >= 0.3 is 0 Å². The molecule has 0 fully saturated rings. The van der Waals surface area contributed by atoms with E-state index >= 15 is 0 Å². The summed E-state index contributed by atoms with van der Waals surface area (Å²) < 4.78 is 10.5. The van der Waals surface area contributed by atoms with Crippen LogP contribution in [0.5, 0.6) is 11.5 Å². The molecule has 1 rings (SSSR count). The fourth-order valence-electron chi connectivity index (χ4n) is 1.76. The minimum Gasteiger partial charge on any atom is -0.497 e. The van der Waals surface area contributed by atoms with Crippen LogP contribution in [-0.2, 0) is 0 Å². The molecule has 0 saturated carbocycles. The Kier molecular flexibility index (Phi) is 7.00. The van der Waals surface area contributed by atoms with Crippen molar-refractivity contribution < 1.29 is 9.47 Å². The Bertz CT molecular complexity index is 342. The maximum absolute atomic E-state index is 6.14. The fourth-order valence-corrected chi connectivity index (χ4v) is 1.76. The third-order valence-corrected chi connectivity index (χ3v) is 2.57. The van der Waals surface area contributed by atoms with Gasteiger partial charge in [-0.25, -0.2) is 0 Å². The Morgan fingerprint density at radius 1 is 1.18 bits per heavy atom. The zero-order valence-corrected chi connectivity index (χ0v) is 11.7. The first-order valence-electron chi connectivity index (χ1n) is 5.56. The van der Waals surface area contributed by atoms with Crippen molar-refractivity contribution >= 4 is 12.4 Å². The molecule has 0 unspecified atom stereocenters. The van der Waals surface area contributed by atoms with Crippen molar-refractivity contribution in [1.29, 1.82) is 0 Å². The summed E-state index contributed by atoms with van der Waals surface area (Å²) in [5.74, 6) is 2.16. The van der Waals surface area contributed by atoms with E-state index in [-0.39, 0.29) is 18.4 Å². The van der Waals surface area contributed by atoms with Gasteiger partial charge in [-0.3, -0.25) is 0 Å². The smallest absolute Gasteiger partial charge is 0.127 e. The van der Waals surface area contributed by atoms with E-state index in [9.17, 15) is 0 Å². The van der Waals surface area contributed by atoms with Gasteiger partial charge in [0, 0.05) is 17.7 Å². The van der Waals surface area contributed by atoms with Gasteiger partial charge in [-0.1, -0.05) is 19.9 Å².